The second kappa shape index (κ2) is 7.67. The van der Waals surface area contributed by atoms with E-state index in [1.165, 1.54) is 6.33 Å². The van der Waals surface area contributed by atoms with Crippen LogP contribution in [-0.2, 0) is 0 Å². The van der Waals surface area contributed by atoms with Crippen LogP contribution < -0.4 is 21.1 Å². The van der Waals surface area contributed by atoms with Crippen LogP contribution in [-0.4, -0.2) is 23.6 Å². The third kappa shape index (κ3) is 4.48. The molecule has 0 unspecified atom stereocenters. The standard InChI is InChI=1S/C17H25N5O/c1-11(2)7-8-19-16-15(18)17(21-10-20-16)22-13-9-12(3)5-6-14(13)23-4/h5-6,9-11H,7-8,18H2,1-4H3,(H2,19,20,21,22). The molecule has 0 saturated heterocycles. The molecule has 0 aliphatic carbocycles. The summed E-state index contributed by atoms with van der Waals surface area (Å²) in [5.74, 6) is 2.58. The van der Waals surface area contributed by atoms with Crippen LogP contribution in [0.1, 0.15) is 25.8 Å². The summed E-state index contributed by atoms with van der Waals surface area (Å²) in [4.78, 5) is 8.46. The zero-order valence-electron chi connectivity index (χ0n) is 14.2. The number of aromatic nitrogens is 2. The smallest absolute Gasteiger partial charge is 0.159 e. The number of aryl methyl sites for hydroxylation is 1. The number of methoxy groups -OCH3 is 1. The second-order valence-corrected chi connectivity index (χ2v) is 5.92. The van der Waals surface area contributed by atoms with Crippen molar-refractivity contribution < 1.29 is 4.74 Å². The molecule has 0 atom stereocenters. The first kappa shape index (κ1) is 16.9. The van der Waals surface area contributed by atoms with Crippen molar-refractivity contribution in [3.63, 3.8) is 0 Å². The highest BCUT2D eigenvalue weighted by Crippen LogP contribution is 2.31. The number of nitrogens with one attached hydrogen (secondary N) is 2. The molecule has 1 aromatic heterocycles. The number of rotatable bonds is 7. The molecule has 0 spiro atoms. The highest BCUT2D eigenvalue weighted by atomic mass is 16.5. The molecule has 0 aliphatic heterocycles. The van der Waals surface area contributed by atoms with Crippen LogP contribution in [0.2, 0.25) is 0 Å². The minimum absolute atomic E-state index is 0.500. The Hall–Kier alpha value is -2.50. The number of ether oxygens (including phenoxy) is 1. The van der Waals surface area contributed by atoms with E-state index in [9.17, 15) is 0 Å². The van der Waals surface area contributed by atoms with Gasteiger partial charge in [-0.15, -0.1) is 0 Å². The van der Waals surface area contributed by atoms with Gasteiger partial charge >= 0.3 is 0 Å². The van der Waals surface area contributed by atoms with Crippen LogP contribution in [0.4, 0.5) is 23.0 Å². The fourth-order valence-electron chi connectivity index (χ4n) is 2.16. The Morgan fingerprint density at radius 3 is 2.65 bits per heavy atom. The third-order valence-electron chi connectivity index (χ3n) is 3.51. The first-order chi connectivity index (χ1) is 11.0. The fourth-order valence-corrected chi connectivity index (χ4v) is 2.16. The van der Waals surface area contributed by atoms with Gasteiger partial charge in [0.15, 0.2) is 11.6 Å². The van der Waals surface area contributed by atoms with E-state index in [1.807, 2.05) is 25.1 Å². The number of nitrogen functional groups attached to an aromatic ring is 1. The predicted molar refractivity (Wildman–Crippen MR) is 95.4 cm³/mol. The van der Waals surface area contributed by atoms with Crippen LogP contribution in [0.3, 0.4) is 0 Å². The van der Waals surface area contributed by atoms with E-state index in [0.29, 0.717) is 23.2 Å². The molecule has 1 heterocycles. The fraction of sp³-hybridized carbons (Fsp3) is 0.412. The van der Waals surface area contributed by atoms with Crippen molar-refractivity contribution in [2.45, 2.75) is 27.2 Å². The lowest BCUT2D eigenvalue weighted by Crippen LogP contribution is -2.10. The average Bonchev–Trinajstić information content (AvgIpc) is 2.51. The monoisotopic (exact) mass is 315 g/mol. The molecular weight excluding hydrogens is 290 g/mol. The van der Waals surface area contributed by atoms with E-state index < -0.39 is 0 Å². The predicted octanol–water partition coefficient (Wildman–Crippen LogP) is 3.58. The van der Waals surface area contributed by atoms with Gasteiger partial charge in [0.2, 0.25) is 0 Å². The lowest BCUT2D eigenvalue weighted by atomic mass is 10.1. The molecule has 0 fully saturated rings. The number of benzene rings is 1. The molecule has 6 heteroatoms. The molecule has 124 valence electrons. The first-order valence-electron chi connectivity index (χ1n) is 7.77. The van der Waals surface area contributed by atoms with Gasteiger partial charge in [-0.1, -0.05) is 19.9 Å². The Labute approximate surface area is 137 Å². The largest absolute Gasteiger partial charge is 0.495 e. The minimum Gasteiger partial charge on any atom is -0.495 e. The molecule has 23 heavy (non-hydrogen) atoms. The van der Waals surface area contributed by atoms with E-state index >= 15 is 0 Å². The zero-order valence-corrected chi connectivity index (χ0v) is 14.2. The molecule has 4 N–H and O–H groups in total. The summed E-state index contributed by atoms with van der Waals surface area (Å²) in [6.45, 7) is 7.21. The first-order valence-corrected chi connectivity index (χ1v) is 7.77. The van der Waals surface area contributed by atoms with Crippen LogP contribution in [0.15, 0.2) is 24.5 Å². The van der Waals surface area contributed by atoms with Gasteiger partial charge < -0.3 is 21.1 Å². The Morgan fingerprint density at radius 1 is 1.22 bits per heavy atom. The molecule has 2 rings (SSSR count). The molecule has 2 aromatic rings. The number of hydrogen-bond acceptors (Lipinski definition) is 6. The van der Waals surface area contributed by atoms with Crippen LogP contribution in [0, 0.1) is 12.8 Å². The highest BCUT2D eigenvalue weighted by Gasteiger charge is 2.11. The van der Waals surface area contributed by atoms with Gasteiger partial charge in [0.25, 0.3) is 0 Å². The Balaban J connectivity index is 2.19. The number of hydrogen-bond donors (Lipinski definition) is 3. The molecule has 0 bridgehead atoms. The maximum atomic E-state index is 6.19. The van der Waals surface area contributed by atoms with E-state index in [0.717, 1.165) is 30.0 Å². The van der Waals surface area contributed by atoms with E-state index in [-0.39, 0.29) is 0 Å². The van der Waals surface area contributed by atoms with Gasteiger partial charge in [0.1, 0.15) is 17.8 Å². The van der Waals surface area contributed by atoms with Crippen molar-refractivity contribution in [3.8, 4) is 5.75 Å². The van der Waals surface area contributed by atoms with Crippen molar-refractivity contribution in [2.24, 2.45) is 5.92 Å². The SMILES string of the molecule is COc1ccc(C)cc1Nc1ncnc(NCCC(C)C)c1N. The number of nitrogens with zero attached hydrogens (tertiary/aromatic N) is 2. The summed E-state index contributed by atoms with van der Waals surface area (Å²) < 4.78 is 5.37. The lowest BCUT2D eigenvalue weighted by molar-refractivity contribution is 0.416. The highest BCUT2D eigenvalue weighted by molar-refractivity contribution is 5.79. The zero-order chi connectivity index (χ0) is 16.8. The molecule has 0 aliphatic rings. The van der Waals surface area contributed by atoms with Gasteiger partial charge in [-0.05, 0) is 37.0 Å². The van der Waals surface area contributed by atoms with Crippen molar-refractivity contribution in [2.75, 3.05) is 30.0 Å². The Bertz CT molecular complexity index is 657. The number of nitrogens with two attached hydrogens (primary N) is 1. The third-order valence-corrected chi connectivity index (χ3v) is 3.51. The maximum absolute atomic E-state index is 6.19. The van der Waals surface area contributed by atoms with Crippen LogP contribution in [0.5, 0.6) is 5.75 Å². The minimum atomic E-state index is 0.500. The molecule has 1 aromatic carbocycles. The van der Waals surface area contributed by atoms with Gasteiger partial charge in [0, 0.05) is 6.54 Å². The number of anilines is 4. The van der Waals surface area contributed by atoms with Gasteiger partial charge in [-0.25, -0.2) is 9.97 Å². The summed E-state index contributed by atoms with van der Waals surface area (Å²) in [5, 5.41) is 6.49. The molecular formula is C17H25N5O. The maximum Gasteiger partial charge on any atom is 0.159 e. The lowest BCUT2D eigenvalue weighted by Gasteiger charge is -2.15. The normalized spacial score (nSPS) is 10.7. The summed E-state index contributed by atoms with van der Waals surface area (Å²) in [6.07, 6.45) is 2.55. The summed E-state index contributed by atoms with van der Waals surface area (Å²) >= 11 is 0. The van der Waals surface area contributed by atoms with E-state index in [2.05, 4.69) is 34.4 Å². The van der Waals surface area contributed by atoms with Gasteiger partial charge in [-0.2, -0.15) is 0 Å². The summed E-state index contributed by atoms with van der Waals surface area (Å²) in [5.41, 5.74) is 8.63. The van der Waals surface area contributed by atoms with Crippen molar-refractivity contribution in [1.29, 1.82) is 0 Å². The van der Waals surface area contributed by atoms with Crippen LogP contribution in [0.25, 0.3) is 0 Å². The van der Waals surface area contributed by atoms with Gasteiger partial charge in [-0.3, -0.25) is 0 Å². The molecule has 6 nitrogen and oxygen atoms in total. The van der Waals surface area contributed by atoms with E-state index in [1.54, 1.807) is 7.11 Å². The molecule has 0 saturated carbocycles. The van der Waals surface area contributed by atoms with Crippen molar-refractivity contribution in [3.05, 3.63) is 30.1 Å². The Morgan fingerprint density at radius 2 is 1.96 bits per heavy atom. The summed E-state index contributed by atoms with van der Waals surface area (Å²) in [6, 6.07) is 5.90. The van der Waals surface area contributed by atoms with E-state index in [4.69, 9.17) is 10.5 Å². The second-order valence-electron chi connectivity index (χ2n) is 5.92. The molecule has 0 radical (unpaired) electrons. The quantitative estimate of drug-likeness (QED) is 0.724. The van der Waals surface area contributed by atoms with Crippen molar-refractivity contribution >= 4 is 23.0 Å². The topological polar surface area (TPSA) is 85.1 Å². The average molecular weight is 315 g/mol. The Kier molecular flexibility index (Phi) is 5.62. The molecule has 0 amide bonds. The summed E-state index contributed by atoms with van der Waals surface area (Å²) in [7, 11) is 1.64. The van der Waals surface area contributed by atoms with Crippen molar-refractivity contribution in [1.82, 2.24) is 9.97 Å². The van der Waals surface area contributed by atoms with Gasteiger partial charge in [0.05, 0.1) is 12.8 Å². The van der Waals surface area contributed by atoms with Crippen LogP contribution >= 0.6 is 0 Å².